The normalized spacial score (nSPS) is 11.7. The fourth-order valence-electron chi connectivity index (χ4n) is 1.94. The van der Waals surface area contributed by atoms with E-state index < -0.39 is 6.10 Å². The van der Waals surface area contributed by atoms with Crippen LogP contribution in [0.4, 0.5) is 5.69 Å². The first-order chi connectivity index (χ1) is 11.0. The fourth-order valence-corrected chi connectivity index (χ4v) is 2.24. The van der Waals surface area contributed by atoms with Crippen molar-refractivity contribution in [3.8, 4) is 11.5 Å². The maximum Gasteiger partial charge on any atom is 0.265 e. The number of methoxy groups -OCH3 is 1. The summed E-state index contributed by atoms with van der Waals surface area (Å²) in [4.78, 5) is 12.3. The first-order valence-electron chi connectivity index (χ1n) is 7.10. The molecule has 23 heavy (non-hydrogen) atoms. The zero-order chi connectivity index (χ0) is 16.8. The molecule has 0 aliphatic heterocycles. The Bertz CT molecular complexity index is 674. The number of halogens is 2. The summed E-state index contributed by atoms with van der Waals surface area (Å²) in [7, 11) is 1.59. The molecule has 2 aromatic carbocycles. The summed E-state index contributed by atoms with van der Waals surface area (Å²) in [6, 6.07) is 12.0. The summed E-state index contributed by atoms with van der Waals surface area (Å²) in [6.45, 7) is 1.88. The summed E-state index contributed by atoms with van der Waals surface area (Å²) >= 11 is 11.8. The zero-order valence-corrected chi connectivity index (χ0v) is 14.3. The molecule has 1 atom stereocenters. The molecule has 0 radical (unpaired) electrons. The van der Waals surface area contributed by atoms with Gasteiger partial charge in [-0.25, -0.2) is 0 Å². The van der Waals surface area contributed by atoms with Crippen molar-refractivity contribution in [2.24, 2.45) is 0 Å². The summed E-state index contributed by atoms with van der Waals surface area (Å²) in [5, 5.41) is 3.59. The minimum atomic E-state index is -0.613. The lowest BCUT2D eigenvalue weighted by molar-refractivity contribution is -0.122. The van der Waals surface area contributed by atoms with Crippen LogP contribution in [0, 0.1) is 0 Å². The van der Waals surface area contributed by atoms with Gasteiger partial charge in [0.25, 0.3) is 5.91 Å². The molecule has 0 fully saturated rings. The number of nitrogens with one attached hydrogen (secondary N) is 1. The van der Waals surface area contributed by atoms with Gasteiger partial charge in [-0.1, -0.05) is 30.1 Å². The van der Waals surface area contributed by atoms with Gasteiger partial charge in [0.15, 0.2) is 6.10 Å². The first kappa shape index (κ1) is 17.4. The van der Waals surface area contributed by atoms with Gasteiger partial charge in [0, 0.05) is 5.69 Å². The molecule has 0 aliphatic rings. The molecule has 1 amide bonds. The van der Waals surface area contributed by atoms with E-state index in [1.165, 1.54) is 0 Å². The molecule has 1 unspecified atom stereocenters. The highest BCUT2D eigenvalue weighted by Crippen LogP contribution is 2.25. The Hall–Kier alpha value is -1.91. The van der Waals surface area contributed by atoms with Crippen LogP contribution in [0.1, 0.15) is 13.3 Å². The molecule has 1 N–H and O–H groups in total. The third-order valence-corrected chi connectivity index (χ3v) is 3.93. The quantitative estimate of drug-likeness (QED) is 0.811. The Labute approximate surface area is 145 Å². The molecule has 2 rings (SSSR count). The van der Waals surface area contributed by atoms with Gasteiger partial charge < -0.3 is 14.8 Å². The molecule has 0 saturated heterocycles. The standard InChI is InChI=1S/C17H17Cl2NO3/c1-3-16(23-13-7-5-12(22-2)6-8-13)17(21)20-11-4-9-14(18)15(19)10-11/h4-10,16H,3H2,1-2H3,(H,20,21). The summed E-state index contributed by atoms with van der Waals surface area (Å²) in [5.41, 5.74) is 0.571. The largest absolute Gasteiger partial charge is 0.497 e. The average molecular weight is 354 g/mol. The number of hydrogen-bond acceptors (Lipinski definition) is 3. The van der Waals surface area contributed by atoms with Crippen molar-refractivity contribution in [1.82, 2.24) is 0 Å². The van der Waals surface area contributed by atoms with E-state index in [-0.39, 0.29) is 5.91 Å². The van der Waals surface area contributed by atoms with Crippen molar-refractivity contribution < 1.29 is 14.3 Å². The molecule has 6 heteroatoms. The lowest BCUT2D eigenvalue weighted by atomic mass is 10.2. The minimum absolute atomic E-state index is 0.248. The van der Waals surface area contributed by atoms with Gasteiger partial charge in [0.05, 0.1) is 17.2 Å². The van der Waals surface area contributed by atoms with E-state index in [1.54, 1.807) is 49.6 Å². The Morgan fingerprint density at radius 3 is 2.30 bits per heavy atom. The smallest absolute Gasteiger partial charge is 0.265 e. The molecule has 0 bridgehead atoms. The highest BCUT2D eigenvalue weighted by molar-refractivity contribution is 6.42. The average Bonchev–Trinajstić information content (AvgIpc) is 2.56. The van der Waals surface area contributed by atoms with Gasteiger partial charge in [-0.2, -0.15) is 0 Å². The molecule has 0 aliphatic carbocycles. The molecule has 122 valence electrons. The maximum atomic E-state index is 12.3. The molecule has 0 heterocycles. The summed E-state index contributed by atoms with van der Waals surface area (Å²) in [5.74, 6) is 1.08. The van der Waals surface area contributed by atoms with Crippen LogP contribution >= 0.6 is 23.2 Å². The third kappa shape index (κ3) is 4.78. The van der Waals surface area contributed by atoms with Crippen LogP contribution in [-0.2, 0) is 4.79 Å². The molecule has 2 aromatic rings. The number of carbonyl (C=O) groups excluding carboxylic acids is 1. The van der Waals surface area contributed by atoms with Crippen molar-refractivity contribution in [3.63, 3.8) is 0 Å². The fraction of sp³-hybridized carbons (Fsp3) is 0.235. The highest BCUT2D eigenvalue weighted by atomic mass is 35.5. The van der Waals surface area contributed by atoms with Crippen LogP contribution < -0.4 is 14.8 Å². The van der Waals surface area contributed by atoms with Gasteiger partial charge in [0.2, 0.25) is 0 Å². The number of ether oxygens (including phenoxy) is 2. The summed E-state index contributed by atoms with van der Waals surface area (Å²) < 4.78 is 10.8. The van der Waals surface area contributed by atoms with E-state index in [0.29, 0.717) is 27.9 Å². The Balaban J connectivity index is 2.03. The number of carbonyl (C=O) groups is 1. The molecular weight excluding hydrogens is 337 g/mol. The Morgan fingerprint density at radius 2 is 1.74 bits per heavy atom. The molecule has 4 nitrogen and oxygen atoms in total. The van der Waals surface area contributed by atoms with Gasteiger partial charge in [-0.3, -0.25) is 4.79 Å². The van der Waals surface area contributed by atoms with Crippen LogP contribution in [-0.4, -0.2) is 19.1 Å². The number of hydrogen-bond donors (Lipinski definition) is 1. The van der Waals surface area contributed by atoms with Gasteiger partial charge in [-0.05, 0) is 48.9 Å². The molecule has 0 aromatic heterocycles. The van der Waals surface area contributed by atoms with Crippen LogP contribution in [0.2, 0.25) is 10.0 Å². The lowest BCUT2D eigenvalue weighted by Gasteiger charge is -2.17. The SMILES string of the molecule is CCC(Oc1ccc(OC)cc1)C(=O)Nc1ccc(Cl)c(Cl)c1. The highest BCUT2D eigenvalue weighted by Gasteiger charge is 2.19. The van der Waals surface area contributed by atoms with Gasteiger partial charge in [0.1, 0.15) is 11.5 Å². The van der Waals surface area contributed by atoms with Crippen molar-refractivity contribution >= 4 is 34.8 Å². The van der Waals surface area contributed by atoms with E-state index in [9.17, 15) is 4.79 Å². The van der Waals surface area contributed by atoms with Crippen molar-refractivity contribution in [3.05, 3.63) is 52.5 Å². The number of amides is 1. The molecule has 0 spiro atoms. The number of rotatable bonds is 6. The van der Waals surface area contributed by atoms with Crippen LogP contribution in [0.25, 0.3) is 0 Å². The monoisotopic (exact) mass is 353 g/mol. The topological polar surface area (TPSA) is 47.6 Å². The van der Waals surface area contributed by atoms with E-state index in [0.717, 1.165) is 5.75 Å². The van der Waals surface area contributed by atoms with E-state index >= 15 is 0 Å². The Kier molecular flexibility index (Phi) is 6.13. The van der Waals surface area contributed by atoms with Crippen LogP contribution in [0.3, 0.4) is 0 Å². The predicted molar refractivity (Wildman–Crippen MR) is 92.8 cm³/mol. The second kappa shape index (κ2) is 8.09. The summed E-state index contributed by atoms with van der Waals surface area (Å²) in [6.07, 6.45) is -0.0861. The van der Waals surface area contributed by atoms with Crippen molar-refractivity contribution in [2.45, 2.75) is 19.4 Å². The minimum Gasteiger partial charge on any atom is -0.497 e. The molecular formula is C17H17Cl2NO3. The van der Waals surface area contributed by atoms with Gasteiger partial charge >= 0.3 is 0 Å². The number of anilines is 1. The van der Waals surface area contributed by atoms with Gasteiger partial charge in [-0.15, -0.1) is 0 Å². The second-order valence-electron chi connectivity index (χ2n) is 4.81. The molecule has 0 saturated carbocycles. The van der Waals surface area contributed by atoms with Crippen LogP contribution in [0.15, 0.2) is 42.5 Å². The van der Waals surface area contributed by atoms with Crippen LogP contribution in [0.5, 0.6) is 11.5 Å². The maximum absolute atomic E-state index is 12.3. The zero-order valence-electron chi connectivity index (χ0n) is 12.8. The van der Waals surface area contributed by atoms with E-state index in [4.69, 9.17) is 32.7 Å². The lowest BCUT2D eigenvalue weighted by Crippen LogP contribution is -2.32. The van der Waals surface area contributed by atoms with E-state index in [2.05, 4.69) is 5.32 Å². The number of benzene rings is 2. The van der Waals surface area contributed by atoms with Crippen molar-refractivity contribution in [2.75, 3.05) is 12.4 Å². The predicted octanol–water partition coefficient (Wildman–Crippen LogP) is 4.80. The van der Waals surface area contributed by atoms with E-state index in [1.807, 2.05) is 6.92 Å². The second-order valence-corrected chi connectivity index (χ2v) is 5.62. The third-order valence-electron chi connectivity index (χ3n) is 3.19. The Morgan fingerprint density at radius 1 is 1.09 bits per heavy atom. The first-order valence-corrected chi connectivity index (χ1v) is 7.85. The van der Waals surface area contributed by atoms with Crippen molar-refractivity contribution in [1.29, 1.82) is 0 Å².